The van der Waals surface area contributed by atoms with Crippen molar-refractivity contribution >= 4 is 52.9 Å². The summed E-state index contributed by atoms with van der Waals surface area (Å²) in [6.45, 7) is 12.3. The highest BCUT2D eigenvalue weighted by atomic mass is 16.6. The molecule has 1 aromatic rings. The summed E-state index contributed by atoms with van der Waals surface area (Å²) in [7, 11) is 0. The second kappa shape index (κ2) is 18.3. The number of aliphatic hydroxyl groups is 3. The average Bonchev–Trinajstić information content (AvgIpc) is 3.84. The van der Waals surface area contributed by atoms with E-state index in [1.54, 1.807) is 38.1 Å². The number of nitrogens with zero attached hydrogens (tertiary/aromatic N) is 3. The van der Waals surface area contributed by atoms with Crippen LogP contribution < -0.4 is 15.5 Å². The van der Waals surface area contributed by atoms with Gasteiger partial charge in [-0.05, 0) is 98.7 Å². The van der Waals surface area contributed by atoms with Crippen LogP contribution in [-0.2, 0) is 23.9 Å². The van der Waals surface area contributed by atoms with Gasteiger partial charge in [-0.1, -0.05) is 64.1 Å². The molecular weight excluding hydrogens is 778 g/mol. The number of aliphatic hydroxyl groups excluding tert-OH is 2. The molecule has 0 spiro atoms. The lowest BCUT2D eigenvalue weighted by atomic mass is 9.44. The Morgan fingerprint density at radius 2 is 1.75 bits per heavy atom. The van der Waals surface area contributed by atoms with Crippen LogP contribution in [0.5, 0.6) is 0 Å². The zero-order chi connectivity index (χ0) is 44.3. The molecule has 6 fully saturated rings. The number of rotatable bonds is 8. The maximum Gasteiger partial charge on any atom is 0.419 e. The standard InChI is InChI=1S/C21H32O5.C19H23N3O5.C3H4N2O2/c1-19-7-5-13(23)9-12(19)3-4-14-15-6-8-21(26,17(25)11-22)20(15,2)10-16(24)18(14)19;1-5-11-27-19(25)22-16(12(3)6-2)17(23)21(18(22)24)15-9-7-14(8-10-15)13(4)20-26;6-2-1-4-3(7)5-2/h12-15,18,22-23,26H,3-11H2,1-2H3;5,7-10,12,16,26H,1,6,11H2,2-4H3;1H2,(H2,4,5,6,7)/b;20-13+;/t12-,13-,14+,15+,18-,19+,20+,21+;;/m1../s1. The predicted molar refractivity (Wildman–Crippen MR) is 217 cm³/mol. The summed E-state index contributed by atoms with van der Waals surface area (Å²) in [5, 5.41) is 46.9. The molecular formula is C43H59N5O12. The summed E-state index contributed by atoms with van der Waals surface area (Å²) in [5.41, 5.74) is -1.04. The molecule has 1 aromatic carbocycles. The number of carbonyl (C=O) groups is 7. The summed E-state index contributed by atoms with van der Waals surface area (Å²) in [4.78, 5) is 85.8. The van der Waals surface area contributed by atoms with E-state index in [9.17, 15) is 48.9 Å². The molecule has 7 amide bonds. The SMILES string of the molecule is C=CCOC(=O)N1C(=O)N(c2ccc(/C(C)=N/O)cc2)C(=O)C1C(C)CC.C[C@]12CC[C@@H](O)C[C@H]1CC[C@@H]1[C@@H]2C(=O)C[C@@]2(C)[C@H]1CC[C@]2(O)C(=O)CO.O=C1CNC(=O)N1. The Morgan fingerprint density at radius 1 is 1.07 bits per heavy atom. The first-order valence-electron chi connectivity index (χ1n) is 20.7. The zero-order valence-corrected chi connectivity index (χ0v) is 35.0. The number of anilines is 1. The van der Waals surface area contributed by atoms with E-state index in [0.717, 1.165) is 48.3 Å². The number of Topliss-reactive ketones (excluding diaryl/α,β-unsaturated/α-hetero) is 2. The maximum atomic E-state index is 13.4. The number of ketones is 2. The highest BCUT2D eigenvalue weighted by Crippen LogP contribution is 2.67. The van der Waals surface area contributed by atoms with Gasteiger partial charge in [-0.25, -0.2) is 24.2 Å². The number of imide groups is 3. The van der Waals surface area contributed by atoms with Crippen molar-refractivity contribution in [3.05, 3.63) is 42.5 Å². The van der Waals surface area contributed by atoms with E-state index in [0.29, 0.717) is 35.7 Å². The number of benzene rings is 1. The molecule has 328 valence electrons. The van der Waals surface area contributed by atoms with Crippen LogP contribution in [0.4, 0.5) is 20.1 Å². The van der Waals surface area contributed by atoms with E-state index < -0.39 is 53.5 Å². The number of nitrogens with one attached hydrogen (secondary N) is 2. The number of carbonyl (C=O) groups excluding carboxylic acids is 7. The van der Waals surface area contributed by atoms with Crippen molar-refractivity contribution in [2.75, 3.05) is 24.7 Å². The second-order valence-corrected chi connectivity index (χ2v) is 17.5. The molecule has 7 rings (SSSR count). The molecule has 4 saturated carbocycles. The van der Waals surface area contributed by atoms with E-state index in [2.05, 4.69) is 24.0 Å². The molecule has 2 aliphatic heterocycles. The Hall–Kier alpha value is -5.00. The van der Waals surface area contributed by atoms with Crippen molar-refractivity contribution in [1.82, 2.24) is 15.5 Å². The Bertz CT molecular complexity index is 1890. The molecule has 2 unspecified atom stereocenters. The maximum absolute atomic E-state index is 13.4. The van der Waals surface area contributed by atoms with Crippen LogP contribution in [0.2, 0.25) is 0 Å². The molecule has 6 aliphatic rings. The monoisotopic (exact) mass is 837 g/mol. The number of hydrogen-bond acceptors (Lipinski definition) is 13. The Morgan fingerprint density at radius 3 is 2.30 bits per heavy atom. The molecule has 17 heteroatoms. The molecule has 2 heterocycles. The van der Waals surface area contributed by atoms with Crippen molar-refractivity contribution in [3.63, 3.8) is 0 Å². The van der Waals surface area contributed by atoms with Gasteiger partial charge >= 0.3 is 18.2 Å². The van der Waals surface area contributed by atoms with Gasteiger partial charge < -0.3 is 30.6 Å². The van der Waals surface area contributed by atoms with E-state index in [-0.39, 0.29) is 66.5 Å². The first-order valence-corrected chi connectivity index (χ1v) is 20.7. The fourth-order valence-corrected chi connectivity index (χ4v) is 10.8. The van der Waals surface area contributed by atoms with Gasteiger partial charge in [0, 0.05) is 17.8 Å². The second-order valence-electron chi connectivity index (χ2n) is 17.5. The van der Waals surface area contributed by atoms with Crippen molar-refractivity contribution in [3.8, 4) is 0 Å². The lowest BCUT2D eigenvalue weighted by Gasteiger charge is -2.60. The molecule has 6 N–H and O–H groups in total. The number of hydrogen-bond donors (Lipinski definition) is 6. The highest BCUT2D eigenvalue weighted by Gasteiger charge is 2.69. The summed E-state index contributed by atoms with van der Waals surface area (Å²) in [6.07, 6.45) is 6.59. The van der Waals surface area contributed by atoms with Gasteiger partial charge in [0.15, 0.2) is 5.78 Å². The zero-order valence-electron chi connectivity index (χ0n) is 35.0. The van der Waals surface area contributed by atoms with E-state index in [1.807, 2.05) is 19.2 Å². The van der Waals surface area contributed by atoms with Crippen LogP contribution in [0.3, 0.4) is 0 Å². The van der Waals surface area contributed by atoms with Crippen LogP contribution >= 0.6 is 0 Å². The van der Waals surface area contributed by atoms with Gasteiger partial charge in [0.2, 0.25) is 5.91 Å². The summed E-state index contributed by atoms with van der Waals surface area (Å²) >= 11 is 0. The topological polar surface area (TPSA) is 253 Å². The van der Waals surface area contributed by atoms with Crippen LogP contribution in [0.25, 0.3) is 0 Å². The minimum Gasteiger partial charge on any atom is -0.445 e. The quantitative estimate of drug-likeness (QED) is 0.0713. The third-order valence-electron chi connectivity index (χ3n) is 14.3. The lowest BCUT2D eigenvalue weighted by Crippen LogP contribution is -2.62. The minimum absolute atomic E-state index is 0.0154. The van der Waals surface area contributed by atoms with E-state index >= 15 is 0 Å². The van der Waals surface area contributed by atoms with E-state index in [1.165, 1.54) is 6.08 Å². The highest BCUT2D eigenvalue weighted by molar-refractivity contribution is 6.25. The van der Waals surface area contributed by atoms with Crippen molar-refractivity contribution in [2.24, 2.45) is 45.6 Å². The Labute approximate surface area is 349 Å². The van der Waals surface area contributed by atoms with Gasteiger partial charge in [-0.15, -0.1) is 0 Å². The predicted octanol–water partition coefficient (Wildman–Crippen LogP) is 4.08. The van der Waals surface area contributed by atoms with Gasteiger partial charge in [-0.3, -0.25) is 24.5 Å². The molecule has 60 heavy (non-hydrogen) atoms. The van der Waals surface area contributed by atoms with Crippen molar-refractivity contribution < 1.29 is 58.8 Å². The first-order chi connectivity index (χ1) is 28.3. The summed E-state index contributed by atoms with van der Waals surface area (Å²) in [5.74, 6) is -0.592. The number of fused-ring (bicyclic) bond motifs is 5. The van der Waals surface area contributed by atoms with Crippen LogP contribution in [0, 0.1) is 40.4 Å². The smallest absolute Gasteiger partial charge is 0.419 e. The Balaban J connectivity index is 0.000000196. The van der Waals surface area contributed by atoms with Gasteiger partial charge in [0.05, 0.1) is 24.0 Å². The molecule has 0 radical (unpaired) electrons. The third kappa shape index (κ3) is 8.35. The van der Waals surface area contributed by atoms with Crippen LogP contribution in [0.1, 0.15) is 98.0 Å². The average molecular weight is 838 g/mol. The molecule has 2 saturated heterocycles. The van der Waals surface area contributed by atoms with E-state index in [4.69, 9.17) is 9.94 Å². The Kier molecular flexibility index (Phi) is 14.1. The molecule has 0 bridgehead atoms. The van der Waals surface area contributed by atoms with Crippen LogP contribution in [0.15, 0.2) is 42.1 Å². The molecule has 10 atom stereocenters. The number of ether oxygens (including phenoxy) is 1. The summed E-state index contributed by atoms with van der Waals surface area (Å²) in [6, 6.07) is 4.30. The van der Waals surface area contributed by atoms with Gasteiger partial charge in [0.1, 0.15) is 30.6 Å². The van der Waals surface area contributed by atoms with Crippen LogP contribution in [-0.4, -0.2) is 110 Å². The first kappa shape index (κ1) is 46.1. The molecule has 17 nitrogen and oxygen atoms in total. The number of oxime groups is 1. The minimum atomic E-state index is -1.58. The fraction of sp³-hybridized carbons (Fsp3) is 0.628. The molecule has 0 aromatic heterocycles. The number of amides is 7. The van der Waals surface area contributed by atoms with Gasteiger partial charge in [0.25, 0.3) is 5.91 Å². The molecule has 4 aliphatic carbocycles. The largest absolute Gasteiger partial charge is 0.445 e. The number of urea groups is 2. The lowest BCUT2D eigenvalue weighted by molar-refractivity contribution is -0.180. The normalized spacial score (nSPS) is 33.8. The fourth-order valence-electron chi connectivity index (χ4n) is 10.8. The third-order valence-corrected chi connectivity index (χ3v) is 14.3. The summed E-state index contributed by atoms with van der Waals surface area (Å²) < 4.78 is 4.99. The van der Waals surface area contributed by atoms with Gasteiger partial charge in [-0.2, -0.15) is 0 Å². The van der Waals surface area contributed by atoms with Crippen molar-refractivity contribution in [1.29, 1.82) is 0 Å². The van der Waals surface area contributed by atoms with Crippen molar-refractivity contribution in [2.45, 2.75) is 110 Å².